The highest BCUT2D eigenvalue weighted by molar-refractivity contribution is 5.95. The van der Waals surface area contributed by atoms with Crippen molar-refractivity contribution in [3.05, 3.63) is 71.2 Å². The maximum absolute atomic E-state index is 13.4. The van der Waals surface area contributed by atoms with Crippen molar-refractivity contribution in [1.82, 2.24) is 9.78 Å². The van der Waals surface area contributed by atoms with Crippen LogP contribution in [0.4, 0.5) is 10.2 Å². The molecule has 1 N–H and O–H groups in total. The van der Waals surface area contributed by atoms with E-state index in [-0.39, 0.29) is 17.6 Å². The molecule has 150 valence electrons. The van der Waals surface area contributed by atoms with Gasteiger partial charge in [0.2, 0.25) is 5.91 Å². The number of amides is 1. The lowest BCUT2D eigenvalue weighted by atomic mass is 9.85. The Morgan fingerprint density at radius 1 is 1.21 bits per heavy atom. The molecule has 4 rings (SSSR count). The van der Waals surface area contributed by atoms with E-state index in [2.05, 4.69) is 17.3 Å². The quantitative estimate of drug-likeness (QED) is 0.602. The largest absolute Gasteiger partial charge is 0.493 e. The van der Waals surface area contributed by atoms with Gasteiger partial charge < -0.3 is 10.1 Å². The van der Waals surface area contributed by atoms with Crippen molar-refractivity contribution in [2.24, 2.45) is 0 Å². The number of hydrogen-bond donors (Lipinski definition) is 1. The van der Waals surface area contributed by atoms with Crippen LogP contribution in [0.5, 0.6) is 5.75 Å². The molecule has 0 fully saturated rings. The number of anilines is 1. The summed E-state index contributed by atoms with van der Waals surface area (Å²) in [5.41, 5.74) is 3.49. The number of ether oxygens (including phenoxy) is 1. The first kappa shape index (κ1) is 19.2. The zero-order chi connectivity index (χ0) is 20.4. The zero-order valence-electron chi connectivity index (χ0n) is 16.6. The third-order valence-corrected chi connectivity index (χ3v) is 5.22. The Hall–Kier alpha value is -3.15. The first-order valence-corrected chi connectivity index (χ1v) is 9.95. The summed E-state index contributed by atoms with van der Waals surface area (Å²) in [5, 5.41) is 7.61. The van der Waals surface area contributed by atoms with Crippen LogP contribution in [0.15, 0.2) is 48.5 Å². The van der Waals surface area contributed by atoms with Gasteiger partial charge in [-0.25, -0.2) is 9.07 Å². The van der Waals surface area contributed by atoms with E-state index < -0.39 is 0 Å². The van der Waals surface area contributed by atoms with E-state index in [1.54, 1.807) is 16.8 Å². The molecule has 1 aliphatic heterocycles. The second-order valence-electron chi connectivity index (χ2n) is 7.28. The minimum atomic E-state index is -0.313. The molecule has 6 heteroatoms. The summed E-state index contributed by atoms with van der Waals surface area (Å²) < 4.78 is 21.1. The third-order valence-electron chi connectivity index (χ3n) is 5.22. The fourth-order valence-electron chi connectivity index (χ4n) is 3.81. The predicted molar refractivity (Wildman–Crippen MR) is 110 cm³/mol. The van der Waals surface area contributed by atoms with Crippen molar-refractivity contribution in [3.63, 3.8) is 0 Å². The van der Waals surface area contributed by atoms with Crippen molar-refractivity contribution in [2.45, 2.75) is 39.0 Å². The van der Waals surface area contributed by atoms with Crippen LogP contribution in [-0.2, 0) is 4.79 Å². The molecule has 0 radical (unpaired) electrons. The number of hydrogen-bond acceptors (Lipinski definition) is 3. The van der Waals surface area contributed by atoms with E-state index in [4.69, 9.17) is 4.74 Å². The van der Waals surface area contributed by atoms with Crippen molar-refractivity contribution >= 4 is 11.7 Å². The number of benzene rings is 2. The number of halogens is 1. The Morgan fingerprint density at radius 3 is 2.72 bits per heavy atom. The molecule has 29 heavy (non-hydrogen) atoms. The Morgan fingerprint density at radius 2 is 1.97 bits per heavy atom. The van der Waals surface area contributed by atoms with Gasteiger partial charge in [0.05, 0.1) is 18.0 Å². The summed E-state index contributed by atoms with van der Waals surface area (Å²) in [6, 6.07) is 14.0. The van der Waals surface area contributed by atoms with Gasteiger partial charge in [-0.2, -0.15) is 5.10 Å². The minimum absolute atomic E-state index is 0.0749. The second kappa shape index (κ2) is 8.07. The van der Waals surface area contributed by atoms with Crippen LogP contribution in [0.25, 0.3) is 5.69 Å². The molecule has 0 spiro atoms. The van der Waals surface area contributed by atoms with E-state index in [0.717, 1.165) is 35.4 Å². The van der Waals surface area contributed by atoms with Crippen molar-refractivity contribution in [2.75, 3.05) is 11.9 Å². The summed E-state index contributed by atoms with van der Waals surface area (Å²) in [6.07, 6.45) is 2.37. The lowest BCUT2D eigenvalue weighted by Gasteiger charge is -2.26. The second-order valence-corrected chi connectivity index (χ2v) is 7.28. The number of aromatic nitrogens is 2. The van der Waals surface area contributed by atoms with Crippen LogP contribution < -0.4 is 10.1 Å². The van der Waals surface area contributed by atoms with Crippen molar-refractivity contribution in [3.8, 4) is 11.4 Å². The third kappa shape index (κ3) is 3.75. The van der Waals surface area contributed by atoms with Gasteiger partial charge in [-0.1, -0.05) is 31.5 Å². The number of fused-ring (bicyclic) bond motifs is 1. The van der Waals surface area contributed by atoms with Gasteiger partial charge >= 0.3 is 0 Å². The van der Waals surface area contributed by atoms with Gasteiger partial charge in [0.1, 0.15) is 17.4 Å². The molecule has 1 aliphatic rings. The molecule has 0 unspecified atom stereocenters. The van der Waals surface area contributed by atoms with Crippen LogP contribution in [0.2, 0.25) is 0 Å². The Balaban J connectivity index is 1.78. The lowest BCUT2D eigenvalue weighted by Crippen LogP contribution is -2.25. The molecular weight excluding hydrogens is 369 g/mol. The average Bonchev–Trinajstić information content (AvgIpc) is 3.05. The average molecular weight is 393 g/mol. The number of rotatable bonds is 6. The normalized spacial score (nSPS) is 15.7. The maximum atomic E-state index is 13.4. The molecule has 1 amide bonds. The smallest absolute Gasteiger partial charge is 0.226 e. The summed E-state index contributed by atoms with van der Waals surface area (Å²) >= 11 is 0. The van der Waals surface area contributed by atoms with Gasteiger partial charge in [0.15, 0.2) is 0 Å². The monoisotopic (exact) mass is 393 g/mol. The molecule has 0 bridgehead atoms. The highest BCUT2D eigenvalue weighted by Gasteiger charge is 2.34. The Labute approximate surface area is 169 Å². The van der Waals surface area contributed by atoms with Crippen LogP contribution in [0.3, 0.4) is 0 Å². The van der Waals surface area contributed by atoms with E-state index in [1.165, 1.54) is 12.1 Å². The van der Waals surface area contributed by atoms with Gasteiger partial charge in [0.25, 0.3) is 0 Å². The summed E-state index contributed by atoms with van der Waals surface area (Å²) in [5.74, 6) is 0.908. The zero-order valence-corrected chi connectivity index (χ0v) is 16.6. The first-order valence-electron chi connectivity index (χ1n) is 9.95. The molecule has 0 saturated heterocycles. The standard InChI is InChI=1S/C23H24FN3O2/c1-3-4-13-29-20-8-6-5-7-18(20)19-14-21(28)25-23-22(19)15(2)26-27(23)17-11-9-16(24)10-12-17/h5-12,19H,3-4,13-14H2,1-2H3,(H,25,28)/t19-/m1/s1. The highest BCUT2D eigenvalue weighted by atomic mass is 19.1. The van der Waals surface area contributed by atoms with E-state index in [0.29, 0.717) is 24.5 Å². The molecule has 0 saturated carbocycles. The summed E-state index contributed by atoms with van der Waals surface area (Å²) in [6.45, 7) is 4.71. The molecule has 0 aliphatic carbocycles. The fourth-order valence-corrected chi connectivity index (χ4v) is 3.81. The molecular formula is C23H24FN3O2. The summed E-state index contributed by atoms with van der Waals surface area (Å²) in [7, 11) is 0. The van der Waals surface area contributed by atoms with Gasteiger partial charge in [-0.15, -0.1) is 0 Å². The van der Waals surface area contributed by atoms with Gasteiger partial charge in [-0.3, -0.25) is 4.79 Å². The molecule has 1 aromatic heterocycles. The van der Waals surface area contributed by atoms with Crippen LogP contribution in [-0.4, -0.2) is 22.3 Å². The van der Waals surface area contributed by atoms with E-state index in [1.807, 2.05) is 31.2 Å². The fraction of sp³-hybridized carbons (Fsp3) is 0.304. The highest BCUT2D eigenvalue weighted by Crippen LogP contribution is 2.43. The molecule has 1 atom stereocenters. The predicted octanol–water partition coefficient (Wildman–Crippen LogP) is 4.97. The molecule has 3 aromatic rings. The van der Waals surface area contributed by atoms with Crippen LogP contribution in [0.1, 0.15) is 48.9 Å². The van der Waals surface area contributed by atoms with E-state index >= 15 is 0 Å². The topological polar surface area (TPSA) is 56.1 Å². The number of unbranched alkanes of at least 4 members (excludes halogenated alkanes) is 1. The van der Waals surface area contributed by atoms with Crippen LogP contribution >= 0.6 is 0 Å². The molecule has 2 heterocycles. The van der Waals surface area contributed by atoms with Crippen LogP contribution in [0, 0.1) is 12.7 Å². The maximum Gasteiger partial charge on any atom is 0.226 e. The lowest BCUT2D eigenvalue weighted by molar-refractivity contribution is -0.116. The Bertz CT molecular complexity index is 1030. The SMILES string of the molecule is CCCCOc1ccccc1[C@H]1CC(=O)Nc2c1c(C)nn2-c1ccc(F)cc1. The van der Waals surface area contributed by atoms with Gasteiger partial charge in [0, 0.05) is 23.5 Å². The number of carbonyl (C=O) groups is 1. The first-order chi connectivity index (χ1) is 14.1. The molecule has 2 aromatic carbocycles. The number of carbonyl (C=O) groups excluding carboxylic acids is 1. The number of nitrogens with one attached hydrogen (secondary N) is 1. The van der Waals surface area contributed by atoms with Crippen molar-refractivity contribution in [1.29, 1.82) is 0 Å². The van der Waals surface area contributed by atoms with Crippen molar-refractivity contribution < 1.29 is 13.9 Å². The number of aryl methyl sites for hydroxylation is 1. The minimum Gasteiger partial charge on any atom is -0.493 e. The van der Waals surface area contributed by atoms with E-state index in [9.17, 15) is 9.18 Å². The molecule has 5 nitrogen and oxygen atoms in total. The van der Waals surface area contributed by atoms with Gasteiger partial charge in [-0.05, 0) is 43.7 Å². The number of para-hydroxylation sites is 1. The summed E-state index contributed by atoms with van der Waals surface area (Å²) in [4.78, 5) is 12.6. The Kier molecular flexibility index (Phi) is 5.34. The number of nitrogens with zero attached hydrogens (tertiary/aromatic N) is 2.